The van der Waals surface area contributed by atoms with Gasteiger partial charge >= 0.3 is 0 Å². The molecule has 2 rings (SSSR count). The van der Waals surface area contributed by atoms with Crippen molar-refractivity contribution in [2.24, 2.45) is 5.92 Å². The Kier molecular flexibility index (Phi) is 5.40. The van der Waals surface area contributed by atoms with Gasteiger partial charge in [-0.3, -0.25) is 0 Å². The first-order chi connectivity index (χ1) is 10.1. The van der Waals surface area contributed by atoms with Crippen molar-refractivity contribution in [3.63, 3.8) is 0 Å². The molecule has 0 aliphatic carbocycles. The predicted octanol–water partition coefficient (Wildman–Crippen LogP) is 3.71. The van der Waals surface area contributed by atoms with E-state index in [0.717, 1.165) is 18.6 Å². The second-order valence-electron chi connectivity index (χ2n) is 5.73. The molecule has 0 fully saturated rings. The van der Waals surface area contributed by atoms with Gasteiger partial charge in [-0.25, -0.2) is 0 Å². The van der Waals surface area contributed by atoms with Gasteiger partial charge in [-0.15, -0.1) is 0 Å². The Hall–Kier alpha value is -1.80. The van der Waals surface area contributed by atoms with Gasteiger partial charge in [0.2, 0.25) is 0 Å². The average Bonchev–Trinajstić information content (AvgIpc) is 2.50. The van der Waals surface area contributed by atoms with Crippen LogP contribution in [0, 0.1) is 19.8 Å². The topological polar surface area (TPSA) is 29.5 Å². The summed E-state index contributed by atoms with van der Waals surface area (Å²) in [4.78, 5) is 0. The zero-order valence-electron chi connectivity index (χ0n) is 13.1. The maximum atomic E-state index is 9.67. The summed E-state index contributed by atoms with van der Waals surface area (Å²) < 4.78 is 5.25. The van der Waals surface area contributed by atoms with Crippen LogP contribution in [0.5, 0.6) is 5.75 Å². The molecule has 0 aliphatic heterocycles. The zero-order chi connectivity index (χ0) is 15.2. The maximum absolute atomic E-state index is 9.67. The summed E-state index contributed by atoms with van der Waals surface area (Å²) in [7, 11) is 1.68. The van der Waals surface area contributed by atoms with Crippen LogP contribution in [0.3, 0.4) is 0 Å². The minimum Gasteiger partial charge on any atom is -0.497 e. The summed E-state index contributed by atoms with van der Waals surface area (Å²) in [6.07, 6.45) is 1.76. The van der Waals surface area contributed by atoms with E-state index in [1.165, 1.54) is 22.3 Å². The fraction of sp³-hybridized carbons (Fsp3) is 0.368. The van der Waals surface area contributed by atoms with E-state index in [0.29, 0.717) is 0 Å². The molecule has 0 spiro atoms. The molecule has 1 N–H and O–H groups in total. The Bertz CT molecular complexity index is 590. The summed E-state index contributed by atoms with van der Waals surface area (Å²) >= 11 is 0. The Balaban J connectivity index is 2.07. The first-order valence-corrected chi connectivity index (χ1v) is 7.42. The van der Waals surface area contributed by atoms with E-state index in [1.807, 2.05) is 18.2 Å². The molecular weight excluding hydrogens is 260 g/mol. The highest BCUT2D eigenvalue weighted by Gasteiger charge is 2.11. The van der Waals surface area contributed by atoms with E-state index in [2.05, 4.69) is 38.1 Å². The molecule has 0 radical (unpaired) electrons. The molecule has 0 aromatic heterocycles. The van der Waals surface area contributed by atoms with Crippen molar-refractivity contribution in [2.75, 3.05) is 13.7 Å². The molecule has 0 bridgehead atoms. The lowest BCUT2D eigenvalue weighted by atomic mass is 9.92. The van der Waals surface area contributed by atoms with E-state index in [9.17, 15) is 5.11 Å². The monoisotopic (exact) mass is 284 g/mol. The van der Waals surface area contributed by atoms with Gasteiger partial charge < -0.3 is 9.84 Å². The van der Waals surface area contributed by atoms with Gasteiger partial charge in [0.1, 0.15) is 5.75 Å². The van der Waals surface area contributed by atoms with Crippen molar-refractivity contribution >= 4 is 0 Å². The van der Waals surface area contributed by atoms with Crippen molar-refractivity contribution in [1.29, 1.82) is 0 Å². The van der Waals surface area contributed by atoms with E-state index in [1.54, 1.807) is 7.11 Å². The highest BCUT2D eigenvalue weighted by Crippen LogP contribution is 2.19. The van der Waals surface area contributed by atoms with Crippen molar-refractivity contribution in [2.45, 2.75) is 26.7 Å². The van der Waals surface area contributed by atoms with Crippen LogP contribution in [0.2, 0.25) is 0 Å². The van der Waals surface area contributed by atoms with E-state index >= 15 is 0 Å². The molecule has 21 heavy (non-hydrogen) atoms. The van der Waals surface area contributed by atoms with Crippen LogP contribution in [0.4, 0.5) is 0 Å². The van der Waals surface area contributed by atoms with Crippen LogP contribution in [0.25, 0.3) is 0 Å². The van der Waals surface area contributed by atoms with Gasteiger partial charge in [-0.2, -0.15) is 0 Å². The summed E-state index contributed by atoms with van der Waals surface area (Å²) in [6, 6.07) is 14.6. The van der Waals surface area contributed by atoms with Gasteiger partial charge in [0, 0.05) is 6.61 Å². The molecule has 0 heterocycles. The number of aryl methyl sites for hydroxylation is 2. The minimum absolute atomic E-state index is 0.199. The molecule has 0 amide bonds. The number of ether oxygens (including phenoxy) is 1. The normalized spacial score (nSPS) is 12.2. The smallest absolute Gasteiger partial charge is 0.119 e. The molecule has 1 atom stereocenters. The number of hydrogen-bond donors (Lipinski definition) is 1. The van der Waals surface area contributed by atoms with E-state index < -0.39 is 0 Å². The molecule has 1 unspecified atom stereocenters. The number of aliphatic hydroxyl groups excluding tert-OH is 1. The largest absolute Gasteiger partial charge is 0.497 e. The van der Waals surface area contributed by atoms with Gasteiger partial charge in [0.15, 0.2) is 0 Å². The average molecular weight is 284 g/mol. The lowest BCUT2D eigenvalue weighted by Gasteiger charge is -2.15. The Labute approximate surface area is 127 Å². The minimum atomic E-state index is 0.199. The van der Waals surface area contributed by atoms with Crippen LogP contribution < -0.4 is 4.74 Å². The van der Waals surface area contributed by atoms with Crippen LogP contribution >= 0.6 is 0 Å². The molecule has 2 nitrogen and oxygen atoms in total. The third kappa shape index (κ3) is 4.33. The number of aliphatic hydroxyl groups is 1. The molecule has 0 saturated carbocycles. The SMILES string of the molecule is COc1cccc(CC(CO)Cc2ccc(C)c(C)c2)c1. The van der Waals surface area contributed by atoms with Crippen molar-refractivity contribution in [3.8, 4) is 5.75 Å². The van der Waals surface area contributed by atoms with Gasteiger partial charge in [0.25, 0.3) is 0 Å². The van der Waals surface area contributed by atoms with Crippen molar-refractivity contribution < 1.29 is 9.84 Å². The van der Waals surface area contributed by atoms with E-state index in [-0.39, 0.29) is 12.5 Å². The number of hydrogen-bond acceptors (Lipinski definition) is 2. The quantitative estimate of drug-likeness (QED) is 0.876. The fourth-order valence-corrected chi connectivity index (χ4v) is 2.60. The second kappa shape index (κ2) is 7.28. The van der Waals surface area contributed by atoms with E-state index in [4.69, 9.17) is 4.74 Å². The summed E-state index contributed by atoms with van der Waals surface area (Å²) in [5.74, 6) is 1.11. The Morgan fingerprint density at radius 2 is 1.67 bits per heavy atom. The first kappa shape index (κ1) is 15.6. The van der Waals surface area contributed by atoms with Crippen molar-refractivity contribution in [3.05, 3.63) is 64.7 Å². The summed E-state index contributed by atoms with van der Waals surface area (Å²) in [5.41, 5.74) is 5.12. The van der Waals surface area contributed by atoms with Gasteiger partial charge in [-0.1, -0.05) is 30.3 Å². The van der Waals surface area contributed by atoms with Gasteiger partial charge in [0.05, 0.1) is 7.11 Å². The molecule has 2 heteroatoms. The van der Waals surface area contributed by atoms with Crippen molar-refractivity contribution in [1.82, 2.24) is 0 Å². The third-order valence-corrected chi connectivity index (χ3v) is 4.01. The molecule has 0 saturated heterocycles. The van der Waals surface area contributed by atoms with Crippen LogP contribution in [-0.4, -0.2) is 18.8 Å². The molecule has 2 aromatic carbocycles. The third-order valence-electron chi connectivity index (χ3n) is 4.01. The lowest BCUT2D eigenvalue weighted by molar-refractivity contribution is 0.225. The first-order valence-electron chi connectivity index (χ1n) is 7.42. The standard InChI is InChI=1S/C19H24O2/c1-14-7-8-17(9-15(14)2)11-18(13-20)10-16-5-4-6-19(12-16)21-3/h4-9,12,18,20H,10-11,13H2,1-3H3. The second-order valence-corrected chi connectivity index (χ2v) is 5.73. The molecule has 112 valence electrons. The highest BCUT2D eigenvalue weighted by molar-refractivity contribution is 5.31. The Morgan fingerprint density at radius 1 is 0.952 bits per heavy atom. The van der Waals surface area contributed by atoms with Gasteiger partial charge in [-0.05, 0) is 67.0 Å². The maximum Gasteiger partial charge on any atom is 0.119 e. The summed E-state index contributed by atoms with van der Waals surface area (Å²) in [6.45, 7) is 4.46. The highest BCUT2D eigenvalue weighted by atomic mass is 16.5. The molecule has 0 aliphatic rings. The van der Waals surface area contributed by atoms with Crippen LogP contribution in [0.1, 0.15) is 22.3 Å². The number of methoxy groups -OCH3 is 1. The number of benzene rings is 2. The van der Waals surface area contributed by atoms with Crippen LogP contribution in [-0.2, 0) is 12.8 Å². The van der Waals surface area contributed by atoms with Crippen LogP contribution in [0.15, 0.2) is 42.5 Å². The Morgan fingerprint density at radius 3 is 2.29 bits per heavy atom. The number of rotatable bonds is 6. The predicted molar refractivity (Wildman–Crippen MR) is 86.9 cm³/mol. The fourth-order valence-electron chi connectivity index (χ4n) is 2.60. The molecule has 2 aromatic rings. The zero-order valence-corrected chi connectivity index (χ0v) is 13.1. The summed E-state index contributed by atoms with van der Waals surface area (Å²) in [5, 5.41) is 9.67. The lowest BCUT2D eigenvalue weighted by Crippen LogP contribution is -2.13. The molecular formula is C19H24O2.